The number of unbranched alkanes of at least 4 members (excludes halogenated alkanes) is 1. The highest BCUT2D eigenvalue weighted by Gasteiger charge is 2.39. The van der Waals surface area contributed by atoms with Crippen molar-refractivity contribution in [1.82, 2.24) is 0 Å². The lowest BCUT2D eigenvalue weighted by molar-refractivity contribution is -0.0388. The van der Waals surface area contributed by atoms with Crippen LogP contribution in [-0.2, 0) is 4.74 Å². The average molecular weight is 321 g/mol. The Kier molecular flexibility index (Phi) is 5.28. The van der Waals surface area contributed by atoms with Crippen molar-refractivity contribution < 1.29 is 19.3 Å². The summed E-state index contributed by atoms with van der Waals surface area (Å²) >= 11 is 0. The molecule has 2 N–H and O–H groups in total. The number of hydrogen-bond acceptors (Lipinski definition) is 5. The van der Waals surface area contributed by atoms with Crippen LogP contribution >= 0.6 is 0 Å². The molecule has 0 amide bonds. The Hall–Kier alpha value is -1.46. The molecular weight excluding hydrogens is 294 g/mol. The van der Waals surface area contributed by atoms with Crippen LogP contribution in [-0.4, -0.2) is 38.6 Å². The Balaban J connectivity index is 1.90. The number of fused-ring (bicyclic) bond motifs is 3. The van der Waals surface area contributed by atoms with Crippen molar-refractivity contribution in [3.05, 3.63) is 17.7 Å². The standard InChI is InChI=1S/C18H27NO4/c1-21-16-10-13-15(11-17(16)22-2)19-14(7-3-4-8-20)12-6-5-9-23-18(12)13/h10-12,14,18-20H,3-9H2,1-2H3/t12-,14+,18-/m0/s1. The zero-order valence-corrected chi connectivity index (χ0v) is 14.0. The van der Waals surface area contributed by atoms with Gasteiger partial charge in [-0.15, -0.1) is 0 Å². The van der Waals surface area contributed by atoms with Crippen LogP contribution in [0.4, 0.5) is 5.69 Å². The lowest BCUT2D eigenvalue weighted by Crippen LogP contribution is -2.41. The fourth-order valence-corrected chi connectivity index (χ4v) is 3.86. The third-order valence-corrected chi connectivity index (χ3v) is 5.01. The summed E-state index contributed by atoms with van der Waals surface area (Å²) in [7, 11) is 3.32. The lowest BCUT2D eigenvalue weighted by Gasteiger charge is -2.43. The van der Waals surface area contributed by atoms with Gasteiger partial charge in [0.25, 0.3) is 0 Å². The largest absolute Gasteiger partial charge is 0.493 e. The van der Waals surface area contributed by atoms with Gasteiger partial charge in [0, 0.05) is 42.5 Å². The number of methoxy groups -OCH3 is 2. The number of nitrogens with one attached hydrogen (secondary N) is 1. The number of aliphatic hydroxyl groups excluding tert-OH is 1. The number of benzene rings is 1. The van der Waals surface area contributed by atoms with Crippen molar-refractivity contribution >= 4 is 5.69 Å². The summed E-state index contributed by atoms with van der Waals surface area (Å²) in [5.41, 5.74) is 2.26. The molecule has 3 atom stereocenters. The first kappa shape index (κ1) is 16.4. The zero-order valence-electron chi connectivity index (χ0n) is 14.0. The molecule has 0 aliphatic carbocycles. The van der Waals surface area contributed by atoms with Gasteiger partial charge in [-0.25, -0.2) is 0 Å². The molecule has 0 bridgehead atoms. The Morgan fingerprint density at radius 3 is 2.74 bits per heavy atom. The van der Waals surface area contributed by atoms with E-state index in [9.17, 15) is 0 Å². The Labute approximate surface area is 137 Å². The van der Waals surface area contributed by atoms with E-state index in [4.69, 9.17) is 19.3 Å². The minimum absolute atomic E-state index is 0.124. The van der Waals surface area contributed by atoms with Crippen molar-refractivity contribution in [3.63, 3.8) is 0 Å². The van der Waals surface area contributed by atoms with Crippen molar-refractivity contribution in [2.24, 2.45) is 5.92 Å². The summed E-state index contributed by atoms with van der Waals surface area (Å²) in [6, 6.07) is 4.45. The minimum atomic E-state index is 0.124. The van der Waals surface area contributed by atoms with Gasteiger partial charge in [0.1, 0.15) is 0 Å². The van der Waals surface area contributed by atoms with Crippen LogP contribution in [0, 0.1) is 5.92 Å². The predicted molar refractivity (Wildman–Crippen MR) is 89.3 cm³/mol. The van der Waals surface area contributed by atoms with Gasteiger partial charge in [-0.1, -0.05) is 0 Å². The second-order valence-corrected chi connectivity index (χ2v) is 6.36. The Morgan fingerprint density at radius 1 is 1.22 bits per heavy atom. The van der Waals surface area contributed by atoms with Crippen molar-refractivity contribution in [1.29, 1.82) is 0 Å². The molecule has 0 aromatic heterocycles. The molecule has 2 aliphatic rings. The van der Waals surface area contributed by atoms with Crippen LogP contribution < -0.4 is 14.8 Å². The summed E-state index contributed by atoms with van der Waals surface area (Å²) < 4.78 is 17.0. The normalized spacial score (nSPS) is 26.0. The summed E-state index contributed by atoms with van der Waals surface area (Å²) in [5.74, 6) is 1.97. The van der Waals surface area contributed by atoms with Crippen LogP contribution in [0.1, 0.15) is 43.8 Å². The summed E-state index contributed by atoms with van der Waals surface area (Å²) in [6.07, 6.45) is 5.35. The van der Waals surface area contributed by atoms with Gasteiger partial charge in [-0.2, -0.15) is 0 Å². The molecule has 1 aromatic rings. The molecule has 0 unspecified atom stereocenters. The van der Waals surface area contributed by atoms with Crippen molar-refractivity contribution in [2.75, 3.05) is 32.8 Å². The molecule has 5 heteroatoms. The quantitative estimate of drug-likeness (QED) is 0.788. The minimum Gasteiger partial charge on any atom is -0.493 e. The van der Waals surface area contributed by atoms with Crippen molar-refractivity contribution in [2.45, 2.75) is 44.2 Å². The van der Waals surface area contributed by atoms with Crippen molar-refractivity contribution in [3.8, 4) is 11.5 Å². The van der Waals surface area contributed by atoms with E-state index in [1.54, 1.807) is 14.2 Å². The maximum absolute atomic E-state index is 9.04. The highest BCUT2D eigenvalue weighted by Crippen LogP contribution is 2.48. The second kappa shape index (κ2) is 7.41. The van der Waals surface area contributed by atoms with Gasteiger partial charge >= 0.3 is 0 Å². The first-order valence-corrected chi connectivity index (χ1v) is 8.53. The SMILES string of the molecule is COc1cc2c(cc1OC)[C@H]1OCCC[C@H]1[C@@H](CCCCO)N2. The molecule has 5 nitrogen and oxygen atoms in total. The van der Waals surface area contributed by atoms with E-state index >= 15 is 0 Å². The number of hydrogen-bond donors (Lipinski definition) is 2. The van der Waals surface area contributed by atoms with Gasteiger partial charge in [0.15, 0.2) is 11.5 Å². The Morgan fingerprint density at radius 2 is 2.00 bits per heavy atom. The summed E-state index contributed by atoms with van der Waals surface area (Å²) in [4.78, 5) is 0. The van der Waals surface area contributed by atoms with E-state index in [1.807, 2.05) is 12.1 Å². The monoisotopic (exact) mass is 321 g/mol. The van der Waals surface area contributed by atoms with E-state index in [-0.39, 0.29) is 12.7 Å². The summed E-state index contributed by atoms with van der Waals surface area (Å²) in [6.45, 7) is 1.08. The molecule has 1 fully saturated rings. The molecular formula is C18H27NO4. The fourth-order valence-electron chi connectivity index (χ4n) is 3.86. The first-order chi connectivity index (χ1) is 11.3. The number of anilines is 1. The van der Waals surface area contributed by atoms with Crippen LogP contribution in [0.25, 0.3) is 0 Å². The maximum atomic E-state index is 9.04. The van der Waals surface area contributed by atoms with E-state index < -0.39 is 0 Å². The molecule has 0 spiro atoms. The van der Waals surface area contributed by atoms with E-state index in [2.05, 4.69) is 5.32 Å². The highest BCUT2D eigenvalue weighted by molar-refractivity contribution is 5.63. The first-order valence-electron chi connectivity index (χ1n) is 8.53. The number of rotatable bonds is 6. The van der Waals surface area contributed by atoms with Gasteiger partial charge in [-0.05, 0) is 38.2 Å². The smallest absolute Gasteiger partial charge is 0.162 e. The second-order valence-electron chi connectivity index (χ2n) is 6.36. The van der Waals surface area contributed by atoms with E-state index in [0.29, 0.717) is 12.0 Å². The number of ether oxygens (including phenoxy) is 3. The van der Waals surface area contributed by atoms with Gasteiger partial charge in [-0.3, -0.25) is 0 Å². The lowest BCUT2D eigenvalue weighted by atomic mass is 9.78. The van der Waals surface area contributed by atoms with E-state index in [1.165, 1.54) is 12.0 Å². The van der Waals surface area contributed by atoms with Gasteiger partial charge in [0.05, 0.1) is 20.3 Å². The zero-order chi connectivity index (χ0) is 16.2. The third kappa shape index (κ3) is 3.26. The molecule has 1 saturated heterocycles. The molecule has 23 heavy (non-hydrogen) atoms. The van der Waals surface area contributed by atoms with Gasteiger partial charge in [0.2, 0.25) is 0 Å². The van der Waals surface area contributed by atoms with Crippen LogP contribution in [0.15, 0.2) is 12.1 Å². The van der Waals surface area contributed by atoms with Crippen LogP contribution in [0.5, 0.6) is 11.5 Å². The molecule has 128 valence electrons. The van der Waals surface area contributed by atoms with Crippen LogP contribution in [0.3, 0.4) is 0 Å². The highest BCUT2D eigenvalue weighted by atomic mass is 16.5. The molecule has 0 radical (unpaired) electrons. The van der Waals surface area contributed by atoms with E-state index in [0.717, 1.165) is 49.5 Å². The molecule has 0 saturated carbocycles. The summed E-state index contributed by atoms with van der Waals surface area (Å²) in [5, 5.41) is 12.7. The topological polar surface area (TPSA) is 60.0 Å². The predicted octanol–water partition coefficient (Wildman–Crippen LogP) is 3.13. The maximum Gasteiger partial charge on any atom is 0.162 e. The number of aliphatic hydroxyl groups is 1. The average Bonchev–Trinajstić information content (AvgIpc) is 2.60. The molecule has 3 rings (SSSR count). The third-order valence-electron chi connectivity index (χ3n) is 5.01. The molecule has 2 aliphatic heterocycles. The Bertz CT molecular complexity index is 534. The molecule has 1 aromatic carbocycles. The molecule has 2 heterocycles. The fraction of sp³-hybridized carbons (Fsp3) is 0.667. The van der Waals surface area contributed by atoms with Crippen LogP contribution in [0.2, 0.25) is 0 Å². The van der Waals surface area contributed by atoms with Gasteiger partial charge < -0.3 is 24.6 Å².